The van der Waals surface area contributed by atoms with Crippen LogP contribution in [0.5, 0.6) is 5.75 Å². The summed E-state index contributed by atoms with van der Waals surface area (Å²) in [7, 11) is 0. The lowest BCUT2D eigenvalue weighted by molar-refractivity contribution is 0.0951. The monoisotopic (exact) mass is 308 g/mol. The number of benzene rings is 1. The molecule has 1 aromatic rings. The predicted octanol–water partition coefficient (Wildman–Crippen LogP) is 3.98. The number of phenolic OH excluding ortho intramolecular Hbond substituents is 1. The predicted molar refractivity (Wildman–Crippen MR) is 84.8 cm³/mol. The van der Waals surface area contributed by atoms with Crippen LogP contribution in [0.3, 0.4) is 0 Å². The Kier molecular flexibility index (Phi) is 4.57. The number of carbonyl (C=O) groups excluding carboxylic acids is 1. The summed E-state index contributed by atoms with van der Waals surface area (Å²) in [6, 6.07) is 4.36. The molecule has 0 aliphatic heterocycles. The van der Waals surface area contributed by atoms with Gasteiger partial charge in [0.2, 0.25) is 0 Å². The van der Waals surface area contributed by atoms with Gasteiger partial charge in [0.1, 0.15) is 5.75 Å². The first-order chi connectivity index (χ1) is 9.77. The van der Waals surface area contributed by atoms with Crippen molar-refractivity contribution in [3.05, 3.63) is 28.8 Å². The summed E-state index contributed by atoms with van der Waals surface area (Å²) in [5.74, 6) is 0.0111. The first-order valence-corrected chi connectivity index (χ1v) is 7.49. The highest BCUT2D eigenvalue weighted by Gasteiger charge is 2.29. The van der Waals surface area contributed by atoms with Gasteiger partial charge in [-0.25, -0.2) is 5.43 Å². The maximum Gasteiger partial charge on any atom is 0.275 e. The number of hydrazone groups is 1. The minimum absolute atomic E-state index is 0.102. The van der Waals surface area contributed by atoms with Crippen molar-refractivity contribution >= 4 is 23.2 Å². The van der Waals surface area contributed by atoms with E-state index in [1.807, 2.05) is 0 Å². The summed E-state index contributed by atoms with van der Waals surface area (Å²) in [6.45, 7) is 6.62. The van der Waals surface area contributed by atoms with Crippen LogP contribution in [-0.4, -0.2) is 16.7 Å². The Hall–Kier alpha value is -1.55. The standard InChI is InChI=1S/C16H21ClN2O2/c1-10-6-12(9-16(2,3)8-10)18-19-15(21)13-7-11(17)4-5-14(13)20/h4-5,7,10,20H,6,8-9H2,1-3H3,(H,19,21)/b18-12-/t10-/m0/s1. The van der Waals surface area contributed by atoms with Gasteiger partial charge in [-0.1, -0.05) is 32.4 Å². The molecule has 1 amide bonds. The first-order valence-electron chi connectivity index (χ1n) is 7.11. The molecule has 2 N–H and O–H groups in total. The topological polar surface area (TPSA) is 61.7 Å². The van der Waals surface area contributed by atoms with Crippen LogP contribution in [0.1, 0.15) is 50.4 Å². The molecule has 0 spiro atoms. The van der Waals surface area contributed by atoms with Crippen molar-refractivity contribution in [2.45, 2.75) is 40.0 Å². The molecule has 2 rings (SSSR count). The maximum atomic E-state index is 12.1. The van der Waals surface area contributed by atoms with Crippen molar-refractivity contribution in [2.75, 3.05) is 0 Å². The zero-order valence-electron chi connectivity index (χ0n) is 12.6. The molecule has 1 fully saturated rings. The number of aromatic hydroxyl groups is 1. The van der Waals surface area contributed by atoms with E-state index >= 15 is 0 Å². The van der Waals surface area contributed by atoms with Crippen LogP contribution >= 0.6 is 11.6 Å². The van der Waals surface area contributed by atoms with Crippen molar-refractivity contribution in [3.63, 3.8) is 0 Å². The number of phenols is 1. The first kappa shape index (κ1) is 15.8. The third-order valence-electron chi connectivity index (χ3n) is 3.69. The van der Waals surface area contributed by atoms with Gasteiger partial charge in [0, 0.05) is 10.7 Å². The SMILES string of the molecule is C[C@H]1C/C(=N/NC(=O)c2cc(Cl)ccc2O)CC(C)(C)C1. The van der Waals surface area contributed by atoms with Crippen molar-refractivity contribution < 1.29 is 9.90 Å². The molecule has 0 radical (unpaired) electrons. The normalized spacial score (nSPS) is 23.0. The smallest absolute Gasteiger partial charge is 0.275 e. The van der Waals surface area contributed by atoms with Crippen molar-refractivity contribution in [1.82, 2.24) is 5.43 Å². The van der Waals surface area contributed by atoms with Crippen molar-refractivity contribution in [3.8, 4) is 5.75 Å². The van der Waals surface area contributed by atoms with Crippen LogP contribution in [0, 0.1) is 11.3 Å². The third kappa shape index (κ3) is 4.21. The summed E-state index contributed by atoms with van der Waals surface area (Å²) < 4.78 is 0. The van der Waals surface area contributed by atoms with Crippen LogP contribution < -0.4 is 5.43 Å². The molecule has 1 aromatic carbocycles. The van der Waals surface area contributed by atoms with E-state index in [1.165, 1.54) is 18.2 Å². The van der Waals surface area contributed by atoms with Gasteiger partial charge in [-0.15, -0.1) is 0 Å². The largest absolute Gasteiger partial charge is 0.507 e. The third-order valence-corrected chi connectivity index (χ3v) is 3.92. The van der Waals surface area contributed by atoms with Gasteiger partial charge in [0.25, 0.3) is 5.91 Å². The molecule has 0 heterocycles. The molecule has 1 aliphatic rings. The molecule has 21 heavy (non-hydrogen) atoms. The second-order valence-corrected chi connectivity index (χ2v) is 7.07. The molecule has 0 bridgehead atoms. The van der Waals surface area contributed by atoms with Gasteiger partial charge in [0.15, 0.2) is 0 Å². The van der Waals surface area contributed by atoms with Crippen LogP contribution in [0.2, 0.25) is 5.02 Å². The lowest BCUT2D eigenvalue weighted by Crippen LogP contribution is -2.30. The molecule has 0 unspecified atom stereocenters. The number of carbonyl (C=O) groups is 1. The molecule has 1 atom stereocenters. The van der Waals surface area contributed by atoms with E-state index in [-0.39, 0.29) is 16.7 Å². The number of hydrogen-bond donors (Lipinski definition) is 2. The highest BCUT2D eigenvalue weighted by Crippen LogP contribution is 2.36. The Morgan fingerprint density at radius 2 is 2.19 bits per heavy atom. The summed E-state index contributed by atoms with van der Waals surface area (Å²) >= 11 is 5.84. The summed E-state index contributed by atoms with van der Waals surface area (Å²) in [4.78, 5) is 12.1. The molecular formula is C16H21ClN2O2. The molecule has 1 aliphatic carbocycles. The Bertz CT molecular complexity index is 582. The molecule has 0 aromatic heterocycles. The molecule has 5 heteroatoms. The molecule has 114 valence electrons. The second kappa shape index (κ2) is 6.06. The fourth-order valence-electron chi connectivity index (χ4n) is 3.08. The Morgan fingerprint density at radius 1 is 1.48 bits per heavy atom. The Labute approximate surface area is 130 Å². The van der Waals surface area contributed by atoms with Gasteiger partial charge in [-0.3, -0.25) is 4.79 Å². The van der Waals surface area contributed by atoms with Crippen LogP contribution in [0.25, 0.3) is 0 Å². The average molecular weight is 309 g/mol. The fourth-order valence-corrected chi connectivity index (χ4v) is 3.25. The Morgan fingerprint density at radius 3 is 2.86 bits per heavy atom. The number of hydrogen-bond acceptors (Lipinski definition) is 3. The number of nitrogens with zero attached hydrogens (tertiary/aromatic N) is 1. The number of amides is 1. The lowest BCUT2D eigenvalue weighted by Gasteiger charge is -2.34. The summed E-state index contributed by atoms with van der Waals surface area (Å²) in [6.07, 6.45) is 2.93. The zero-order chi connectivity index (χ0) is 15.6. The van der Waals surface area contributed by atoms with E-state index in [4.69, 9.17) is 11.6 Å². The van der Waals surface area contributed by atoms with Crippen molar-refractivity contribution in [2.24, 2.45) is 16.4 Å². The number of halogens is 1. The van der Waals surface area contributed by atoms with Crippen molar-refractivity contribution in [1.29, 1.82) is 0 Å². The molecule has 0 saturated heterocycles. The summed E-state index contributed by atoms with van der Waals surface area (Å²) in [5, 5.41) is 14.3. The summed E-state index contributed by atoms with van der Waals surface area (Å²) in [5.41, 5.74) is 3.86. The van der Waals surface area contributed by atoms with Crippen LogP contribution in [0.4, 0.5) is 0 Å². The zero-order valence-corrected chi connectivity index (χ0v) is 13.4. The van der Waals surface area contributed by atoms with Gasteiger partial charge in [0.05, 0.1) is 5.56 Å². The van der Waals surface area contributed by atoms with Gasteiger partial charge in [-0.2, -0.15) is 5.10 Å². The minimum Gasteiger partial charge on any atom is -0.507 e. The van der Waals surface area contributed by atoms with Gasteiger partial charge in [-0.05, 0) is 48.8 Å². The van der Waals surface area contributed by atoms with Crippen LogP contribution in [0.15, 0.2) is 23.3 Å². The number of rotatable bonds is 2. The van der Waals surface area contributed by atoms with E-state index in [2.05, 4.69) is 31.3 Å². The van der Waals surface area contributed by atoms with E-state index in [0.29, 0.717) is 10.9 Å². The fraction of sp³-hybridized carbons (Fsp3) is 0.500. The second-order valence-electron chi connectivity index (χ2n) is 6.63. The van der Waals surface area contributed by atoms with E-state index in [0.717, 1.165) is 25.0 Å². The molecule has 1 saturated carbocycles. The van der Waals surface area contributed by atoms with E-state index in [9.17, 15) is 9.90 Å². The maximum absolute atomic E-state index is 12.1. The highest BCUT2D eigenvalue weighted by molar-refractivity contribution is 6.31. The van der Waals surface area contributed by atoms with E-state index < -0.39 is 5.91 Å². The molecule has 4 nitrogen and oxygen atoms in total. The van der Waals surface area contributed by atoms with E-state index in [1.54, 1.807) is 0 Å². The van der Waals surface area contributed by atoms with Crippen LogP contribution in [-0.2, 0) is 0 Å². The van der Waals surface area contributed by atoms with Gasteiger partial charge < -0.3 is 5.11 Å². The highest BCUT2D eigenvalue weighted by atomic mass is 35.5. The van der Waals surface area contributed by atoms with Gasteiger partial charge >= 0.3 is 0 Å². The average Bonchev–Trinajstić information content (AvgIpc) is 2.36. The quantitative estimate of drug-likeness (QED) is 0.812. The minimum atomic E-state index is -0.446. The Balaban J connectivity index is 2.09. The lowest BCUT2D eigenvalue weighted by atomic mass is 9.72. The number of nitrogens with one attached hydrogen (secondary N) is 1. The molecular weight excluding hydrogens is 288 g/mol.